The molecule has 58 valence electrons. The molecule has 0 N–H and O–H groups in total. The van der Waals surface area contributed by atoms with E-state index in [1.165, 1.54) is 0 Å². The summed E-state index contributed by atoms with van der Waals surface area (Å²) in [6.45, 7) is 3.64. The average Bonchev–Trinajstić information content (AvgIpc) is 2.06. The van der Waals surface area contributed by atoms with Crippen molar-refractivity contribution in [3.05, 3.63) is 41.0 Å². The fourth-order valence-corrected chi connectivity index (χ4v) is 4.96. The van der Waals surface area contributed by atoms with Gasteiger partial charge in [0.15, 0.2) is 0 Å². The van der Waals surface area contributed by atoms with Crippen LogP contribution in [0.15, 0.2) is 41.0 Å². The second-order valence-corrected chi connectivity index (χ2v) is 17.9. The molecule has 0 radical (unpaired) electrons. The summed E-state index contributed by atoms with van der Waals surface area (Å²) < 4.78 is 2.77. The first-order chi connectivity index (χ1) is 5.17. The van der Waals surface area contributed by atoms with Gasteiger partial charge in [-0.2, -0.15) is 0 Å². The molecule has 0 saturated carbocycles. The predicted molar refractivity (Wildman–Crippen MR) is 53.7 cm³/mol. The summed E-state index contributed by atoms with van der Waals surface area (Å²) in [7, 11) is 12.2. The number of hydrogen-bond donors (Lipinski definition) is 0. The average molecular weight is 294 g/mol. The minimum atomic E-state index is -3.06. The number of rotatable bonds is 2. The first-order valence-corrected chi connectivity index (χ1v) is 13.5. The molecule has 0 spiro atoms. The van der Waals surface area contributed by atoms with Gasteiger partial charge in [-0.3, -0.25) is 0 Å². The molecular formula is C8H8Cl2Sn. The molecule has 0 amide bonds. The normalized spacial score (nSPS) is 11.1. The third-order valence-corrected chi connectivity index (χ3v) is 11.0. The van der Waals surface area contributed by atoms with E-state index in [1.807, 2.05) is 30.3 Å². The molecule has 0 aliphatic heterocycles. The molecule has 1 rings (SSSR count). The van der Waals surface area contributed by atoms with E-state index in [9.17, 15) is 0 Å². The summed E-state index contributed by atoms with van der Waals surface area (Å²) in [4.78, 5) is 0. The van der Waals surface area contributed by atoms with E-state index >= 15 is 0 Å². The van der Waals surface area contributed by atoms with Crippen LogP contribution in [-0.2, 0) is 0 Å². The molecule has 0 aliphatic rings. The van der Waals surface area contributed by atoms with Crippen molar-refractivity contribution in [1.82, 2.24) is 0 Å². The predicted octanol–water partition coefficient (Wildman–Crippen LogP) is 2.54. The number of benzene rings is 1. The quantitative estimate of drug-likeness (QED) is 0.735. The van der Waals surface area contributed by atoms with Gasteiger partial charge in [0.05, 0.1) is 0 Å². The van der Waals surface area contributed by atoms with E-state index in [4.69, 9.17) is 17.8 Å². The van der Waals surface area contributed by atoms with Gasteiger partial charge >= 0.3 is 78.5 Å². The van der Waals surface area contributed by atoms with Crippen LogP contribution in [0.4, 0.5) is 0 Å². The Labute approximate surface area is 78.1 Å². The van der Waals surface area contributed by atoms with Crippen LogP contribution in [0.3, 0.4) is 0 Å². The van der Waals surface area contributed by atoms with Crippen LogP contribution in [0.2, 0.25) is 0 Å². The van der Waals surface area contributed by atoms with E-state index in [2.05, 4.69) is 6.58 Å². The summed E-state index contributed by atoms with van der Waals surface area (Å²) in [6, 6.07) is 9.74. The Bertz CT molecular complexity index is 244. The van der Waals surface area contributed by atoms with Crippen LogP contribution in [0.5, 0.6) is 0 Å². The molecule has 0 fully saturated rings. The Balaban J connectivity index is 3.02. The molecule has 11 heavy (non-hydrogen) atoms. The Kier molecular flexibility index (Phi) is 3.28. The van der Waals surface area contributed by atoms with E-state index in [1.54, 1.807) is 4.09 Å². The molecule has 0 heterocycles. The molecule has 0 bridgehead atoms. The third kappa shape index (κ3) is 2.39. The molecular weight excluding hydrogens is 286 g/mol. The minimum absolute atomic E-state index is 1.06. The van der Waals surface area contributed by atoms with Crippen LogP contribution in [0, 0.1) is 0 Å². The third-order valence-electron chi connectivity index (χ3n) is 1.42. The molecule has 0 unspecified atom stereocenters. The SMILES string of the molecule is C=[CH][Sn]([Cl])([Cl])[c]1ccccc1. The zero-order chi connectivity index (χ0) is 8.32. The first kappa shape index (κ1) is 9.43. The second-order valence-electron chi connectivity index (χ2n) is 2.19. The van der Waals surface area contributed by atoms with Gasteiger partial charge in [-0.1, -0.05) is 0 Å². The van der Waals surface area contributed by atoms with Gasteiger partial charge in [0.25, 0.3) is 0 Å². The van der Waals surface area contributed by atoms with E-state index < -0.39 is 16.1 Å². The molecule has 1 aromatic carbocycles. The van der Waals surface area contributed by atoms with Crippen molar-refractivity contribution in [2.45, 2.75) is 0 Å². The fourth-order valence-electron chi connectivity index (χ4n) is 0.778. The Morgan fingerprint density at radius 2 is 1.73 bits per heavy atom. The zero-order valence-corrected chi connectivity index (χ0v) is 10.3. The maximum absolute atomic E-state index is 6.10. The second kappa shape index (κ2) is 3.83. The summed E-state index contributed by atoms with van der Waals surface area (Å²) in [5.41, 5.74) is 0. The monoisotopic (exact) mass is 294 g/mol. The molecule has 3 heteroatoms. The number of hydrogen-bond acceptors (Lipinski definition) is 0. The molecule has 0 atom stereocenters. The van der Waals surface area contributed by atoms with Crippen molar-refractivity contribution in [1.29, 1.82) is 0 Å². The van der Waals surface area contributed by atoms with Gasteiger partial charge in [0.1, 0.15) is 0 Å². The van der Waals surface area contributed by atoms with Gasteiger partial charge < -0.3 is 0 Å². The van der Waals surface area contributed by atoms with Crippen molar-refractivity contribution in [3.63, 3.8) is 0 Å². The first-order valence-electron chi connectivity index (χ1n) is 3.24. The summed E-state index contributed by atoms with van der Waals surface area (Å²) >= 11 is -3.06. The van der Waals surface area contributed by atoms with Gasteiger partial charge in [0.2, 0.25) is 0 Å². The van der Waals surface area contributed by atoms with Crippen LogP contribution >= 0.6 is 17.8 Å². The molecule has 0 nitrogen and oxygen atoms in total. The van der Waals surface area contributed by atoms with E-state index in [0.717, 1.165) is 3.58 Å². The summed E-state index contributed by atoms with van der Waals surface area (Å²) in [6.07, 6.45) is 0. The topological polar surface area (TPSA) is 0 Å². The summed E-state index contributed by atoms with van der Waals surface area (Å²) in [5, 5.41) is 0. The molecule has 1 aromatic rings. The molecule has 0 aliphatic carbocycles. The number of halogens is 2. The molecule has 0 aromatic heterocycles. The fraction of sp³-hybridized carbons (Fsp3) is 0. The van der Waals surface area contributed by atoms with Crippen molar-refractivity contribution in [2.24, 2.45) is 0 Å². The van der Waals surface area contributed by atoms with Crippen LogP contribution in [-0.4, -0.2) is 16.1 Å². The molecule has 0 saturated heterocycles. The van der Waals surface area contributed by atoms with Gasteiger partial charge in [-0.15, -0.1) is 0 Å². The van der Waals surface area contributed by atoms with Gasteiger partial charge in [0, 0.05) is 0 Å². The maximum atomic E-state index is 6.10. The Morgan fingerprint density at radius 3 is 2.18 bits per heavy atom. The van der Waals surface area contributed by atoms with Crippen molar-refractivity contribution < 1.29 is 0 Å². The Hall–Kier alpha value is 0.339. The zero-order valence-electron chi connectivity index (χ0n) is 5.93. The van der Waals surface area contributed by atoms with Gasteiger partial charge in [-0.25, -0.2) is 0 Å². The van der Waals surface area contributed by atoms with Crippen molar-refractivity contribution >= 4 is 37.5 Å². The van der Waals surface area contributed by atoms with Crippen LogP contribution < -0.4 is 3.58 Å². The van der Waals surface area contributed by atoms with Crippen molar-refractivity contribution in [3.8, 4) is 0 Å². The Morgan fingerprint density at radius 1 is 1.18 bits per heavy atom. The van der Waals surface area contributed by atoms with Crippen LogP contribution in [0.1, 0.15) is 0 Å². The van der Waals surface area contributed by atoms with E-state index in [-0.39, 0.29) is 0 Å². The van der Waals surface area contributed by atoms with Crippen LogP contribution in [0.25, 0.3) is 0 Å². The van der Waals surface area contributed by atoms with Crippen molar-refractivity contribution in [2.75, 3.05) is 0 Å². The summed E-state index contributed by atoms with van der Waals surface area (Å²) in [5.74, 6) is 0. The standard InChI is InChI=1S/C6H5.C2H3.2ClH.Sn/c1-2-4-6-5-3-1;1-2;;;/h1-5H;1H,2H2;2*1H;/q;;;;+2/p-2. The van der Waals surface area contributed by atoms with Gasteiger partial charge in [-0.05, 0) is 0 Å². The van der Waals surface area contributed by atoms with E-state index in [0.29, 0.717) is 0 Å².